The van der Waals surface area contributed by atoms with Crippen LogP contribution in [0.2, 0.25) is 0 Å². The molecule has 0 unspecified atom stereocenters. The fourth-order valence-electron chi connectivity index (χ4n) is 1.75. The Morgan fingerprint density at radius 1 is 0.952 bits per heavy atom. The highest BCUT2D eigenvalue weighted by atomic mass is 16.7. The average Bonchev–Trinajstić information content (AvgIpc) is 2.55. The predicted octanol–water partition coefficient (Wildman–Crippen LogP) is 2.57. The summed E-state index contributed by atoms with van der Waals surface area (Å²) in [5.41, 5.74) is 1.69. The molecule has 0 heterocycles. The summed E-state index contributed by atoms with van der Waals surface area (Å²) < 4.78 is 0. The molecule has 0 bridgehead atoms. The first-order chi connectivity index (χ1) is 10.1. The summed E-state index contributed by atoms with van der Waals surface area (Å²) in [5.74, 6) is -0.442. The molecular weight excluding hydrogens is 268 g/mol. The number of carbonyl (C=O) groups excluding carboxylic acids is 2. The maximum Gasteiger partial charge on any atom is 0.277 e. The van der Waals surface area contributed by atoms with Crippen LogP contribution in [0.15, 0.2) is 54.6 Å². The summed E-state index contributed by atoms with van der Waals surface area (Å²) in [7, 11) is 2.96. The van der Waals surface area contributed by atoms with Gasteiger partial charge in [-0.3, -0.25) is 14.4 Å². The lowest BCUT2D eigenvalue weighted by Gasteiger charge is -2.13. The number of hydrogen-bond donors (Lipinski definition) is 1. The Labute approximate surface area is 123 Å². The van der Waals surface area contributed by atoms with Crippen molar-refractivity contribution in [3.63, 3.8) is 0 Å². The Hall–Kier alpha value is -2.66. The smallest absolute Gasteiger partial charge is 0.277 e. The topological polar surface area (TPSA) is 58.6 Å². The molecule has 0 saturated heterocycles. The van der Waals surface area contributed by atoms with Crippen LogP contribution < -0.4 is 5.32 Å². The van der Waals surface area contributed by atoms with Crippen LogP contribution in [0.4, 0.5) is 5.69 Å². The highest BCUT2D eigenvalue weighted by Gasteiger charge is 2.11. The zero-order chi connectivity index (χ0) is 15.2. The van der Waals surface area contributed by atoms with E-state index in [0.717, 1.165) is 5.06 Å². The van der Waals surface area contributed by atoms with Gasteiger partial charge in [-0.1, -0.05) is 18.2 Å². The SMILES string of the molecule is CON(C)C(=O)c1ccc(NC(=O)c2ccccc2)cc1. The minimum atomic E-state index is -0.251. The van der Waals surface area contributed by atoms with Gasteiger partial charge in [0.05, 0.1) is 7.11 Å². The molecule has 0 spiro atoms. The number of nitrogens with one attached hydrogen (secondary N) is 1. The molecule has 0 fully saturated rings. The normalized spacial score (nSPS) is 10.0. The standard InChI is InChI=1S/C16H16N2O3/c1-18(21-2)16(20)13-8-10-14(11-9-13)17-15(19)12-6-4-3-5-7-12/h3-11H,1-2H3,(H,17,19). The second kappa shape index (κ2) is 6.67. The fraction of sp³-hybridized carbons (Fsp3) is 0.125. The van der Waals surface area contributed by atoms with Gasteiger partial charge in [-0.15, -0.1) is 0 Å². The van der Waals surface area contributed by atoms with E-state index in [9.17, 15) is 9.59 Å². The van der Waals surface area contributed by atoms with E-state index in [1.54, 1.807) is 48.5 Å². The third kappa shape index (κ3) is 3.67. The summed E-state index contributed by atoms with van der Waals surface area (Å²) in [4.78, 5) is 28.7. The van der Waals surface area contributed by atoms with E-state index in [1.807, 2.05) is 6.07 Å². The van der Waals surface area contributed by atoms with Crippen molar-refractivity contribution in [1.29, 1.82) is 0 Å². The number of nitrogens with zero attached hydrogens (tertiary/aromatic N) is 1. The van der Waals surface area contributed by atoms with Gasteiger partial charge in [0, 0.05) is 23.9 Å². The quantitative estimate of drug-likeness (QED) is 0.878. The van der Waals surface area contributed by atoms with Crippen LogP contribution >= 0.6 is 0 Å². The van der Waals surface area contributed by atoms with Crippen LogP contribution in [-0.2, 0) is 4.84 Å². The van der Waals surface area contributed by atoms with Gasteiger partial charge < -0.3 is 5.32 Å². The third-order valence-corrected chi connectivity index (χ3v) is 2.99. The van der Waals surface area contributed by atoms with Gasteiger partial charge in [-0.05, 0) is 36.4 Å². The zero-order valence-corrected chi connectivity index (χ0v) is 11.9. The minimum Gasteiger partial charge on any atom is -0.322 e. The first-order valence-electron chi connectivity index (χ1n) is 6.40. The van der Waals surface area contributed by atoms with Crippen molar-refractivity contribution in [2.24, 2.45) is 0 Å². The number of benzene rings is 2. The van der Waals surface area contributed by atoms with Crippen molar-refractivity contribution < 1.29 is 14.4 Å². The van der Waals surface area contributed by atoms with E-state index in [1.165, 1.54) is 14.2 Å². The van der Waals surface area contributed by atoms with Gasteiger partial charge >= 0.3 is 0 Å². The Bertz CT molecular complexity index is 624. The number of amides is 2. The van der Waals surface area contributed by atoms with E-state index in [-0.39, 0.29) is 11.8 Å². The lowest BCUT2D eigenvalue weighted by atomic mass is 10.1. The van der Waals surface area contributed by atoms with Gasteiger partial charge in [-0.25, -0.2) is 5.06 Å². The molecule has 0 saturated carbocycles. The van der Waals surface area contributed by atoms with E-state index < -0.39 is 0 Å². The summed E-state index contributed by atoms with van der Waals surface area (Å²) in [6, 6.07) is 15.6. The molecule has 21 heavy (non-hydrogen) atoms. The molecule has 0 aliphatic carbocycles. The van der Waals surface area contributed by atoms with E-state index in [4.69, 9.17) is 4.84 Å². The van der Waals surface area contributed by atoms with Crippen LogP contribution in [0, 0.1) is 0 Å². The number of hydroxylamine groups is 2. The second-order valence-electron chi connectivity index (χ2n) is 4.38. The van der Waals surface area contributed by atoms with Crippen LogP contribution in [0.1, 0.15) is 20.7 Å². The first-order valence-corrected chi connectivity index (χ1v) is 6.40. The minimum absolute atomic E-state index is 0.191. The van der Waals surface area contributed by atoms with Crippen LogP contribution in [-0.4, -0.2) is 31.0 Å². The van der Waals surface area contributed by atoms with Crippen molar-refractivity contribution in [1.82, 2.24) is 5.06 Å². The summed E-state index contributed by atoms with van der Waals surface area (Å²) in [6.45, 7) is 0. The van der Waals surface area contributed by atoms with Gasteiger partial charge in [0.25, 0.3) is 11.8 Å². The summed E-state index contributed by atoms with van der Waals surface area (Å²) in [6.07, 6.45) is 0. The molecule has 2 aromatic carbocycles. The van der Waals surface area contributed by atoms with Crippen LogP contribution in [0.25, 0.3) is 0 Å². The summed E-state index contributed by atoms with van der Waals surface area (Å²) >= 11 is 0. The van der Waals surface area contributed by atoms with Crippen molar-refractivity contribution in [2.45, 2.75) is 0 Å². The Kier molecular flexibility index (Phi) is 4.68. The zero-order valence-electron chi connectivity index (χ0n) is 11.9. The molecule has 0 aliphatic heterocycles. The Morgan fingerprint density at radius 2 is 1.57 bits per heavy atom. The first kappa shape index (κ1) is 14.7. The molecule has 0 atom stereocenters. The number of rotatable bonds is 4. The van der Waals surface area contributed by atoms with Crippen molar-refractivity contribution in [3.8, 4) is 0 Å². The Morgan fingerprint density at radius 3 is 2.14 bits per heavy atom. The van der Waals surface area contributed by atoms with E-state index >= 15 is 0 Å². The number of carbonyl (C=O) groups is 2. The maximum atomic E-state index is 12.0. The van der Waals surface area contributed by atoms with Crippen molar-refractivity contribution in [2.75, 3.05) is 19.5 Å². The molecule has 0 aromatic heterocycles. The molecule has 0 radical (unpaired) electrons. The lowest BCUT2D eigenvalue weighted by Crippen LogP contribution is -2.25. The van der Waals surface area contributed by atoms with E-state index in [2.05, 4.69) is 5.32 Å². The molecule has 1 N–H and O–H groups in total. The molecular formula is C16H16N2O3. The molecule has 2 rings (SSSR count). The van der Waals surface area contributed by atoms with Crippen LogP contribution in [0.5, 0.6) is 0 Å². The predicted molar refractivity (Wildman–Crippen MR) is 79.9 cm³/mol. The monoisotopic (exact) mass is 284 g/mol. The van der Waals surface area contributed by atoms with Gasteiger partial charge in [-0.2, -0.15) is 0 Å². The number of anilines is 1. The molecule has 5 heteroatoms. The van der Waals surface area contributed by atoms with Crippen molar-refractivity contribution >= 4 is 17.5 Å². The van der Waals surface area contributed by atoms with Crippen LogP contribution in [0.3, 0.4) is 0 Å². The largest absolute Gasteiger partial charge is 0.322 e. The molecule has 0 aliphatic rings. The fourth-order valence-corrected chi connectivity index (χ4v) is 1.75. The molecule has 5 nitrogen and oxygen atoms in total. The van der Waals surface area contributed by atoms with Gasteiger partial charge in [0.2, 0.25) is 0 Å². The number of hydrogen-bond acceptors (Lipinski definition) is 3. The lowest BCUT2D eigenvalue weighted by molar-refractivity contribution is -0.0756. The highest BCUT2D eigenvalue weighted by molar-refractivity contribution is 6.04. The third-order valence-electron chi connectivity index (χ3n) is 2.99. The maximum absolute atomic E-state index is 12.0. The average molecular weight is 284 g/mol. The molecule has 2 aromatic rings. The second-order valence-corrected chi connectivity index (χ2v) is 4.38. The van der Waals surface area contributed by atoms with E-state index in [0.29, 0.717) is 16.8 Å². The molecule has 2 amide bonds. The van der Waals surface area contributed by atoms with Gasteiger partial charge in [0.15, 0.2) is 0 Å². The Balaban J connectivity index is 2.06. The highest BCUT2D eigenvalue weighted by Crippen LogP contribution is 2.12. The van der Waals surface area contributed by atoms with Gasteiger partial charge in [0.1, 0.15) is 0 Å². The molecule has 108 valence electrons. The summed E-state index contributed by atoms with van der Waals surface area (Å²) in [5, 5.41) is 3.91. The van der Waals surface area contributed by atoms with Crippen molar-refractivity contribution in [3.05, 3.63) is 65.7 Å².